The number of benzene rings is 1. The topological polar surface area (TPSA) is 12.0 Å². The van der Waals surface area contributed by atoms with E-state index in [0.29, 0.717) is 11.3 Å². The Labute approximate surface area is 96.7 Å². The fourth-order valence-corrected chi connectivity index (χ4v) is 3.18. The lowest BCUT2D eigenvalue weighted by Gasteiger charge is -2.20. The molecule has 2 atom stereocenters. The normalized spacial score (nSPS) is 24.1. The van der Waals surface area contributed by atoms with Gasteiger partial charge in [0.25, 0.3) is 0 Å². The highest BCUT2D eigenvalue weighted by molar-refractivity contribution is 7.99. The zero-order chi connectivity index (χ0) is 10.7. The average molecular weight is 221 g/mol. The third-order valence-corrected chi connectivity index (χ3v) is 4.14. The quantitative estimate of drug-likeness (QED) is 0.839. The molecule has 0 heterocycles. The van der Waals surface area contributed by atoms with Gasteiger partial charge < -0.3 is 5.32 Å². The second-order valence-electron chi connectivity index (χ2n) is 4.11. The van der Waals surface area contributed by atoms with Gasteiger partial charge in [-0.25, -0.2) is 0 Å². The van der Waals surface area contributed by atoms with E-state index < -0.39 is 0 Å². The van der Waals surface area contributed by atoms with Gasteiger partial charge >= 0.3 is 0 Å². The molecule has 0 aliphatic heterocycles. The SMILES string of the molecule is CCCNC1c2ccccc2CC1SC. The van der Waals surface area contributed by atoms with Gasteiger partial charge in [0.15, 0.2) is 0 Å². The summed E-state index contributed by atoms with van der Waals surface area (Å²) in [7, 11) is 0. The van der Waals surface area contributed by atoms with Gasteiger partial charge in [0.1, 0.15) is 0 Å². The average Bonchev–Trinajstić information content (AvgIpc) is 2.64. The van der Waals surface area contributed by atoms with Gasteiger partial charge in [0, 0.05) is 11.3 Å². The molecule has 0 saturated carbocycles. The van der Waals surface area contributed by atoms with Crippen LogP contribution in [0.3, 0.4) is 0 Å². The molecule has 15 heavy (non-hydrogen) atoms. The number of thioether (sulfide) groups is 1. The van der Waals surface area contributed by atoms with Crippen LogP contribution >= 0.6 is 11.8 Å². The molecule has 1 aliphatic rings. The van der Waals surface area contributed by atoms with E-state index in [1.165, 1.54) is 24.0 Å². The summed E-state index contributed by atoms with van der Waals surface area (Å²) in [6.07, 6.45) is 4.65. The van der Waals surface area contributed by atoms with Crippen LogP contribution in [0.4, 0.5) is 0 Å². The molecular formula is C13H19NS. The lowest BCUT2D eigenvalue weighted by Crippen LogP contribution is -2.27. The molecule has 0 aromatic heterocycles. The first kappa shape index (κ1) is 11.0. The van der Waals surface area contributed by atoms with Crippen molar-refractivity contribution in [1.82, 2.24) is 5.32 Å². The standard InChI is InChI=1S/C13H19NS/c1-3-8-14-13-11-7-5-4-6-10(11)9-12(13)15-2/h4-7,12-14H,3,8-9H2,1-2H3. The van der Waals surface area contributed by atoms with Crippen LogP contribution in [0.15, 0.2) is 24.3 Å². The second-order valence-corrected chi connectivity index (χ2v) is 5.19. The van der Waals surface area contributed by atoms with Crippen LogP contribution in [0.2, 0.25) is 0 Å². The summed E-state index contributed by atoms with van der Waals surface area (Å²) in [4.78, 5) is 0. The molecule has 0 spiro atoms. The Bertz CT molecular complexity index is 324. The van der Waals surface area contributed by atoms with Crippen LogP contribution in [0.5, 0.6) is 0 Å². The molecule has 2 rings (SSSR count). The smallest absolute Gasteiger partial charge is 0.0446 e. The molecule has 0 fully saturated rings. The van der Waals surface area contributed by atoms with E-state index in [1.807, 2.05) is 11.8 Å². The lowest BCUT2D eigenvalue weighted by molar-refractivity contribution is 0.539. The van der Waals surface area contributed by atoms with Gasteiger partial charge in [-0.3, -0.25) is 0 Å². The zero-order valence-corrected chi connectivity index (χ0v) is 10.3. The van der Waals surface area contributed by atoms with Crippen LogP contribution in [-0.2, 0) is 6.42 Å². The fraction of sp³-hybridized carbons (Fsp3) is 0.538. The summed E-state index contributed by atoms with van der Waals surface area (Å²) in [6, 6.07) is 9.42. The molecule has 0 saturated heterocycles. The molecule has 0 radical (unpaired) electrons. The van der Waals surface area contributed by atoms with Gasteiger partial charge in [-0.05, 0) is 36.8 Å². The van der Waals surface area contributed by atoms with Crippen molar-refractivity contribution in [3.8, 4) is 0 Å². The van der Waals surface area contributed by atoms with Crippen LogP contribution < -0.4 is 5.32 Å². The Morgan fingerprint density at radius 1 is 1.40 bits per heavy atom. The highest BCUT2D eigenvalue weighted by Crippen LogP contribution is 2.37. The molecule has 0 bridgehead atoms. The first-order valence-corrected chi connectivity index (χ1v) is 6.99. The summed E-state index contributed by atoms with van der Waals surface area (Å²) in [5.41, 5.74) is 3.05. The molecule has 0 amide bonds. The van der Waals surface area contributed by atoms with Crippen molar-refractivity contribution in [3.05, 3.63) is 35.4 Å². The molecule has 2 heteroatoms. The third kappa shape index (κ3) is 2.21. The maximum Gasteiger partial charge on any atom is 0.0446 e. The van der Waals surface area contributed by atoms with Crippen LogP contribution in [0.1, 0.15) is 30.5 Å². The monoisotopic (exact) mass is 221 g/mol. The molecule has 82 valence electrons. The molecule has 1 aliphatic carbocycles. The number of fused-ring (bicyclic) bond motifs is 1. The Morgan fingerprint density at radius 2 is 2.20 bits per heavy atom. The molecule has 1 aromatic carbocycles. The van der Waals surface area contributed by atoms with Gasteiger partial charge in [-0.2, -0.15) is 11.8 Å². The lowest BCUT2D eigenvalue weighted by atomic mass is 10.1. The Balaban J connectivity index is 2.18. The van der Waals surface area contributed by atoms with E-state index in [2.05, 4.69) is 42.8 Å². The Morgan fingerprint density at radius 3 is 2.93 bits per heavy atom. The van der Waals surface area contributed by atoms with Crippen molar-refractivity contribution in [2.75, 3.05) is 12.8 Å². The minimum Gasteiger partial charge on any atom is -0.309 e. The van der Waals surface area contributed by atoms with E-state index in [1.54, 1.807) is 0 Å². The largest absolute Gasteiger partial charge is 0.309 e. The molecular weight excluding hydrogens is 202 g/mol. The van der Waals surface area contributed by atoms with E-state index >= 15 is 0 Å². The van der Waals surface area contributed by atoms with E-state index in [4.69, 9.17) is 0 Å². The van der Waals surface area contributed by atoms with Crippen molar-refractivity contribution in [1.29, 1.82) is 0 Å². The van der Waals surface area contributed by atoms with Crippen molar-refractivity contribution in [2.24, 2.45) is 0 Å². The zero-order valence-electron chi connectivity index (χ0n) is 9.49. The third-order valence-electron chi connectivity index (χ3n) is 3.10. The highest BCUT2D eigenvalue weighted by Gasteiger charge is 2.30. The number of hydrogen-bond donors (Lipinski definition) is 1. The van der Waals surface area contributed by atoms with Gasteiger partial charge in [0.05, 0.1) is 0 Å². The molecule has 1 nitrogen and oxygen atoms in total. The van der Waals surface area contributed by atoms with E-state index in [0.717, 1.165) is 6.54 Å². The maximum atomic E-state index is 3.67. The summed E-state index contributed by atoms with van der Waals surface area (Å²) in [5, 5.41) is 4.38. The van der Waals surface area contributed by atoms with Crippen LogP contribution in [0.25, 0.3) is 0 Å². The summed E-state index contributed by atoms with van der Waals surface area (Å²) in [6.45, 7) is 3.35. The van der Waals surface area contributed by atoms with Crippen molar-refractivity contribution in [2.45, 2.75) is 31.1 Å². The minimum absolute atomic E-state index is 0.566. The van der Waals surface area contributed by atoms with Crippen molar-refractivity contribution >= 4 is 11.8 Å². The predicted molar refractivity (Wildman–Crippen MR) is 68.5 cm³/mol. The maximum absolute atomic E-state index is 3.67. The Kier molecular flexibility index (Phi) is 3.71. The van der Waals surface area contributed by atoms with Crippen molar-refractivity contribution in [3.63, 3.8) is 0 Å². The molecule has 1 N–H and O–H groups in total. The molecule has 1 aromatic rings. The second kappa shape index (κ2) is 5.04. The van der Waals surface area contributed by atoms with Gasteiger partial charge in [0.2, 0.25) is 0 Å². The van der Waals surface area contributed by atoms with Gasteiger partial charge in [-0.15, -0.1) is 0 Å². The fourth-order valence-electron chi connectivity index (χ4n) is 2.32. The predicted octanol–water partition coefficient (Wildman–Crippen LogP) is 3.02. The highest BCUT2D eigenvalue weighted by atomic mass is 32.2. The number of nitrogens with one attached hydrogen (secondary N) is 1. The minimum atomic E-state index is 0.566. The Hall–Kier alpha value is -0.470. The van der Waals surface area contributed by atoms with E-state index in [-0.39, 0.29) is 0 Å². The van der Waals surface area contributed by atoms with E-state index in [9.17, 15) is 0 Å². The summed E-state index contributed by atoms with van der Waals surface area (Å²) < 4.78 is 0. The first-order valence-electron chi connectivity index (χ1n) is 5.70. The number of rotatable bonds is 4. The van der Waals surface area contributed by atoms with Gasteiger partial charge in [-0.1, -0.05) is 31.2 Å². The van der Waals surface area contributed by atoms with Crippen LogP contribution in [0, 0.1) is 0 Å². The van der Waals surface area contributed by atoms with Crippen molar-refractivity contribution < 1.29 is 0 Å². The molecule has 2 unspecified atom stereocenters. The first-order chi connectivity index (χ1) is 7.36. The van der Waals surface area contributed by atoms with Crippen LogP contribution in [-0.4, -0.2) is 18.1 Å². The summed E-state index contributed by atoms with van der Waals surface area (Å²) >= 11 is 1.99. The summed E-state index contributed by atoms with van der Waals surface area (Å²) in [5.74, 6) is 0. The number of hydrogen-bond acceptors (Lipinski definition) is 2.